The summed E-state index contributed by atoms with van der Waals surface area (Å²) in [6, 6.07) is 7.99. The highest BCUT2D eigenvalue weighted by Gasteiger charge is 2.08. The van der Waals surface area contributed by atoms with E-state index in [0.29, 0.717) is 18.3 Å². The van der Waals surface area contributed by atoms with Gasteiger partial charge in [0.05, 0.1) is 7.11 Å². The molecule has 0 saturated carbocycles. The van der Waals surface area contributed by atoms with E-state index in [-0.39, 0.29) is 0 Å². The number of nitrogens with one attached hydrogen (secondary N) is 1. The third kappa shape index (κ3) is 4.98. The molecule has 0 atom stereocenters. The normalized spacial score (nSPS) is 11.4. The molecule has 0 aliphatic rings. The van der Waals surface area contributed by atoms with Gasteiger partial charge in [-0.25, -0.2) is 4.99 Å². The lowest BCUT2D eigenvalue weighted by molar-refractivity contribution is 0.387. The van der Waals surface area contributed by atoms with Crippen LogP contribution in [-0.4, -0.2) is 41.7 Å². The molecule has 23 heavy (non-hydrogen) atoms. The molecule has 0 aliphatic carbocycles. The molecule has 1 aromatic heterocycles. The molecule has 7 nitrogen and oxygen atoms in total. The molecule has 0 aliphatic heterocycles. The average Bonchev–Trinajstić information content (AvgIpc) is 2.97. The molecule has 0 unspecified atom stereocenters. The fourth-order valence-electron chi connectivity index (χ4n) is 2.10. The number of rotatable bonds is 6. The van der Waals surface area contributed by atoms with Crippen molar-refractivity contribution in [2.45, 2.75) is 26.9 Å². The third-order valence-corrected chi connectivity index (χ3v) is 3.22. The first-order valence-electron chi connectivity index (χ1n) is 7.54. The molecule has 0 bridgehead atoms. The van der Waals surface area contributed by atoms with Gasteiger partial charge in [0.2, 0.25) is 5.89 Å². The summed E-state index contributed by atoms with van der Waals surface area (Å²) in [4.78, 5) is 10.8. The summed E-state index contributed by atoms with van der Waals surface area (Å²) >= 11 is 0. The summed E-state index contributed by atoms with van der Waals surface area (Å²) in [5, 5.41) is 7.12. The van der Waals surface area contributed by atoms with Crippen LogP contribution in [0.1, 0.15) is 24.2 Å². The zero-order valence-electron chi connectivity index (χ0n) is 14.0. The van der Waals surface area contributed by atoms with Crippen molar-refractivity contribution in [2.75, 3.05) is 20.7 Å². The first kappa shape index (κ1) is 16.8. The number of aromatic nitrogens is 2. The van der Waals surface area contributed by atoms with E-state index in [1.165, 1.54) is 5.56 Å². The van der Waals surface area contributed by atoms with Gasteiger partial charge in [-0.1, -0.05) is 17.3 Å². The van der Waals surface area contributed by atoms with Crippen LogP contribution in [-0.2, 0) is 13.1 Å². The molecule has 0 amide bonds. The van der Waals surface area contributed by atoms with Gasteiger partial charge in [-0.3, -0.25) is 0 Å². The maximum atomic E-state index is 5.18. The van der Waals surface area contributed by atoms with Gasteiger partial charge in [0.15, 0.2) is 11.8 Å². The number of ether oxygens (including phenoxy) is 1. The predicted octanol–water partition coefficient (Wildman–Crippen LogP) is 1.98. The van der Waals surface area contributed by atoms with Gasteiger partial charge >= 0.3 is 0 Å². The molecule has 1 aromatic carbocycles. The molecule has 0 fully saturated rings. The maximum Gasteiger partial charge on any atom is 0.223 e. The molecule has 1 heterocycles. The van der Waals surface area contributed by atoms with Crippen molar-refractivity contribution >= 4 is 5.96 Å². The van der Waals surface area contributed by atoms with E-state index in [2.05, 4.69) is 25.3 Å². The quantitative estimate of drug-likeness (QED) is 0.648. The number of aliphatic imine (C=N–C) groups is 1. The van der Waals surface area contributed by atoms with Gasteiger partial charge in [-0.05, 0) is 24.6 Å². The number of benzene rings is 1. The number of methoxy groups -OCH3 is 1. The minimum absolute atomic E-state index is 0.382. The van der Waals surface area contributed by atoms with Crippen molar-refractivity contribution < 1.29 is 9.26 Å². The van der Waals surface area contributed by atoms with Crippen LogP contribution in [0, 0.1) is 6.92 Å². The first-order chi connectivity index (χ1) is 11.1. The topological polar surface area (TPSA) is 75.8 Å². The smallest absolute Gasteiger partial charge is 0.223 e. The summed E-state index contributed by atoms with van der Waals surface area (Å²) in [6.07, 6.45) is 0. The van der Waals surface area contributed by atoms with E-state index in [9.17, 15) is 0 Å². The van der Waals surface area contributed by atoms with Crippen molar-refractivity contribution in [3.63, 3.8) is 0 Å². The van der Waals surface area contributed by atoms with Crippen molar-refractivity contribution in [2.24, 2.45) is 4.99 Å². The number of hydrogen-bond donors (Lipinski definition) is 1. The largest absolute Gasteiger partial charge is 0.497 e. The summed E-state index contributed by atoms with van der Waals surface area (Å²) in [7, 11) is 3.66. The molecule has 1 N–H and O–H groups in total. The Hall–Kier alpha value is -2.57. The second kappa shape index (κ2) is 8.17. The highest BCUT2D eigenvalue weighted by atomic mass is 16.5. The van der Waals surface area contributed by atoms with Crippen LogP contribution >= 0.6 is 0 Å². The van der Waals surface area contributed by atoms with Crippen LogP contribution in [0.25, 0.3) is 0 Å². The summed E-state index contributed by atoms with van der Waals surface area (Å²) in [6.45, 7) is 5.71. The van der Waals surface area contributed by atoms with Gasteiger partial charge in [0.1, 0.15) is 12.3 Å². The fraction of sp³-hybridized carbons (Fsp3) is 0.438. The van der Waals surface area contributed by atoms with Crippen molar-refractivity contribution in [1.82, 2.24) is 20.4 Å². The van der Waals surface area contributed by atoms with E-state index in [0.717, 1.165) is 24.8 Å². The van der Waals surface area contributed by atoms with E-state index in [1.807, 2.05) is 38.2 Å². The molecular formula is C16H23N5O2. The van der Waals surface area contributed by atoms with Crippen molar-refractivity contribution in [1.29, 1.82) is 0 Å². The molecular weight excluding hydrogens is 294 g/mol. The third-order valence-electron chi connectivity index (χ3n) is 3.22. The summed E-state index contributed by atoms with van der Waals surface area (Å²) < 4.78 is 10.1. The zero-order valence-corrected chi connectivity index (χ0v) is 14.0. The van der Waals surface area contributed by atoms with Crippen molar-refractivity contribution in [3.8, 4) is 5.75 Å². The lowest BCUT2D eigenvalue weighted by atomic mass is 10.2. The lowest BCUT2D eigenvalue weighted by Gasteiger charge is -2.22. The molecule has 2 aromatic rings. The van der Waals surface area contributed by atoms with Crippen LogP contribution < -0.4 is 10.1 Å². The van der Waals surface area contributed by atoms with E-state index in [4.69, 9.17) is 9.26 Å². The van der Waals surface area contributed by atoms with Crippen molar-refractivity contribution in [3.05, 3.63) is 41.5 Å². The Balaban J connectivity index is 2.02. The highest BCUT2D eigenvalue weighted by Crippen LogP contribution is 2.12. The minimum Gasteiger partial charge on any atom is -0.497 e. The van der Waals surface area contributed by atoms with E-state index < -0.39 is 0 Å². The summed E-state index contributed by atoms with van der Waals surface area (Å²) in [5.41, 5.74) is 1.18. The SMILES string of the molecule is CCNC(=NCc1noc(C)n1)N(C)Cc1ccc(OC)cc1. The number of guanidine groups is 1. The van der Waals surface area contributed by atoms with E-state index in [1.54, 1.807) is 14.0 Å². The fourth-order valence-corrected chi connectivity index (χ4v) is 2.10. The standard InChI is InChI=1S/C16H23N5O2/c1-5-17-16(18-10-15-19-12(2)23-20-15)21(3)11-13-6-8-14(22-4)9-7-13/h6-9H,5,10-11H2,1-4H3,(H,17,18). The monoisotopic (exact) mass is 317 g/mol. The average molecular weight is 317 g/mol. The Bertz CT molecular complexity index is 636. The molecule has 0 spiro atoms. The van der Waals surface area contributed by atoms with Gasteiger partial charge in [-0.2, -0.15) is 4.98 Å². The summed E-state index contributed by atoms with van der Waals surface area (Å²) in [5.74, 6) is 2.78. The first-order valence-corrected chi connectivity index (χ1v) is 7.54. The molecule has 124 valence electrons. The molecule has 0 saturated heterocycles. The Labute approximate surface area is 136 Å². The Morgan fingerprint density at radius 1 is 1.35 bits per heavy atom. The second-order valence-corrected chi connectivity index (χ2v) is 5.10. The molecule has 2 rings (SSSR count). The van der Waals surface area contributed by atoms with Crippen LogP contribution in [0.5, 0.6) is 5.75 Å². The highest BCUT2D eigenvalue weighted by molar-refractivity contribution is 5.79. The Morgan fingerprint density at radius 3 is 2.65 bits per heavy atom. The van der Waals surface area contributed by atoms with Crippen LogP contribution in [0.2, 0.25) is 0 Å². The molecule has 7 heteroatoms. The molecule has 0 radical (unpaired) electrons. The number of nitrogens with zero attached hydrogens (tertiary/aromatic N) is 4. The predicted molar refractivity (Wildman–Crippen MR) is 88.3 cm³/mol. The number of aryl methyl sites for hydroxylation is 1. The minimum atomic E-state index is 0.382. The zero-order chi connectivity index (χ0) is 16.7. The van der Waals surface area contributed by atoms with Gasteiger partial charge < -0.3 is 19.5 Å². The maximum absolute atomic E-state index is 5.18. The van der Waals surface area contributed by atoms with E-state index >= 15 is 0 Å². The Morgan fingerprint density at radius 2 is 2.09 bits per heavy atom. The van der Waals surface area contributed by atoms with Crippen LogP contribution in [0.4, 0.5) is 0 Å². The van der Waals surface area contributed by atoms with Gasteiger partial charge in [0, 0.05) is 27.1 Å². The second-order valence-electron chi connectivity index (χ2n) is 5.10. The van der Waals surface area contributed by atoms with Crippen LogP contribution in [0.3, 0.4) is 0 Å². The number of hydrogen-bond acceptors (Lipinski definition) is 5. The Kier molecular flexibility index (Phi) is 5.96. The van der Waals surface area contributed by atoms with Gasteiger partial charge in [-0.15, -0.1) is 0 Å². The van der Waals surface area contributed by atoms with Gasteiger partial charge in [0.25, 0.3) is 0 Å². The lowest BCUT2D eigenvalue weighted by Crippen LogP contribution is -2.38. The van der Waals surface area contributed by atoms with Crippen LogP contribution in [0.15, 0.2) is 33.8 Å².